The first-order valence-electron chi connectivity index (χ1n) is 12.2. The van der Waals surface area contributed by atoms with Gasteiger partial charge in [-0.15, -0.1) is 0 Å². The molecule has 1 fully saturated rings. The third kappa shape index (κ3) is 4.37. The summed E-state index contributed by atoms with van der Waals surface area (Å²) in [6, 6.07) is 15.1. The van der Waals surface area contributed by atoms with Gasteiger partial charge in [0.25, 0.3) is 0 Å². The predicted molar refractivity (Wildman–Crippen MR) is 138 cm³/mol. The van der Waals surface area contributed by atoms with E-state index in [4.69, 9.17) is 4.98 Å². The number of alkyl halides is 1. The van der Waals surface area contributed by atoms with Crippen LogP contribution in [0.5, 0.6) is 0 Å². The largest absolute Gasteiger partial charge is 0.363 e. The van der Waals surface area contributed by atoms with Gasteiger partial charge in [-0.1, -0.05) is 57.7 Å². The van der Waals surface area contributed by atoms with Crippen LogP contribution in [0, 0.1) is 5.92 Å². The maximum atomic E-state index is 9.50. The standard InChI is InChI=1S/C25H25N5.C2H6.CH3F/c1-3-16-6-4-5-7-19(16)18-10-11-20-21(12-18)28-29-24(20)25-26-22-13-30(14-23(22)27-25)15(2)17-8-9-17;2*1-2/h4-7,10-12,17H,2-3,8-9,13-14H2,1H3,(H,26,27)(H,28,29);1-2H3;1H3. The molecule has 0 bridgehead atoms. The number of imidazole rings is 1. The Morgan fingerprint density at radius 1 is 1.12 bits per heavy atom. The van der Waals surface area contributed by atoms with Crippen LogP contribution in [0.1, 0.15) is 50.6 Å². The Morgan fingerprint density at radius 3 is 2.59 bits per heavy atom. The van der Waals surface area contributed by atoms with E-state index in [9.17, 15) is 4.39 Å². The van der Waals surface area contributed by atoms with Crippen LogP contribution in [-0.2, 0) is 19.5 Å². The smallest absolute Gasteiger partial charge is 0.159 e. The fraction of sp³-hybridized carbons (Fsp3) is 0.357. The van der Waals surface area contributed by atoms with Crippen LogP contribution in [0.15, 0.2) is 54.7 Å². The molecule has 0 spiro atoms. The highest BCUT2D eigenvalue weighted by Crippen LogP contribution is 2.40. The van der Waals surface area contributed by atoms with Gasteiger partial charge in [0.15, 0.2) is 5.82 Å². The first kappa shape index (κ1) is 23.7. The number of benzene rings is 2. The fourth-order valence-electron chi connectivity index (χ4n) is 4.60. The third-order valence-electron chi connectivity index (χ3n) is 6.51. The van der Waals surface area contributed by atoms with Gasteiger partial charge in [0.1, 0.15) is 5.69 Å². The first-order valence-corrected chi connectivity index (χ1v) is 12.2. The fourth-order valence-corrected chi connectivity index (χ4v) is 4.60. The van der Waals surface area contributed by atoms with Crippen LogP contribution in [0.25, 0.3) is 33.5 Å². The van der Waals surface area contributed by atoms with E-state index >= 15 is 0 Å². The highest BCUT2D eigenvalue weighted by Gasteiger charge is 2.32. The van der Waals surface area contributed by atoms with Crippen molar-refractivity contribution >= 4 is 10.9 Å². The summed E-state index contributed by atoms with van der Waals surface area (Å²) in [6.45, 7) is 12.2. The van der Waals surface area contributed by atoms with Crippen LogP contribution >= 0.6 is 0 Å². The Bertz CT molecular complexity index is 1260. The summed E-state index contributed by atoms with van der Waals surface area (Å²) in [5.74, 6) is 1.54. The molecule has 0 amide bonds. The molecular weight excluding hydrogens is 425 g/mol. The average molecular weight is 460 g/mol. The van der Waals surface area contributed by atoms with Gasteiger partial charge in [-0.05, 0) is 54.0 Å². The van der Waals surface area contributed by atoms with Crippen LogP contribution in [-0.4, -0.2) is 32.2 Å². The maximum Gasteiger partial charge on any atom is 0.159 e. The Hall–Kier alpha value is -3.41. The van der Waals surface area contributed by atoms with E-state index < -0.39 is 0 Å². The SMILES string of the molecule is C=C(C1CC1)N1Cc2nc(-c3n[nH]c4cc(-c5ccccc5CC)ccc34)[nH]c2C1.CC.CF. The van der Waals surface area contributed by atoms with E-state index in [-0.39, 0.29) is 0 Å². The lowest BCUT2D eigenvalue weighted by Crippen LogP contribution is -2.16. The summed E-state index contributed by atoms with van der Waals surface area (Å²) >= 11 is 0. The highest BCUT2D eigenvalue weighted by atomic mass is 19.1. The highest BCUT2D eigenvalue weighted by molar-refractivity contribution is 5.94. The molecule has 1 aliphatic heterocycles. The number of hydrogen-bond donors (Lipinski definition) is 2. The lowest BCUT2D eigenvalue weighted by molar-refractivity contribution is 0.340. The first-order chi connectivity index (χ1) is 16.7. The number of nitrogens with one attached hydrogen (secondary N) is 2. The summed E-state index contributed by atoms with van der Waals surface area (Å²) < 4.78 is 9.50. The number of allylic oxidation sites excluding steroid dienone is 1. The Balaban J connectivity index is 0.000000652. The number of aromatic amines is 2. The molecule has 34 heavy (non-hydrogen) atoms. The molecule has 6 heteroatoms. The van der Waals surface area contributed by atoms with E-state index in [2.05, 4.69) is 76.0 Å². The second kappa shape index (κ2) is 10.2. The van der Waals surface area contributed by atoms with Crippen molar-refractivity contribution in [3.63, 3.8) is 0 Å². The van der Waals surface area contributed by atoms with Gasteiger partial charge in [-0.25, -0.2) is 4.98 Å². The molecule has 0 unspecified atom stereocenters. The molecular formula is C28H34FN5. The van der Waals surface area contributed by atoms with Gasteiger partial charge >= 0.3 is 0 Å². The molecule has 0 radical (unpaired) electrons. The van der Waals surface area contributed by atoms with E-state index in [1.165, 1.54) is 40.9 Å². The molecule has 4 aromatic rings. The van der Waals surface area contributed by atoms with E-state index in [0.717, 1.165) is 47.6 Å². The van der Waals surface area contributed by atoms with Gasteiger partial charge in [-0.2, -0.15) is 5.10 Å². The number of hydrogen-bond acceptors (Lipinski definition) is 3. The van der Waals surface area contributed by atoms with Crippen molar-refractivity contribution in [1.82, 2.24) is 25.1 Å². The zero-order valence-electron chi connectivity index (χ0n) is 20.6. The normalized spacial score (nSPS) is 14.2. The Labute approximate surface area is 201 Å². The Kier molecular flexibility index (Phi) is 7.15. The molecule has 1 aliphatic carbocycles. The number of H-pyrrole nitrogens is 2. The number of aromatic nitrogens is 4. The topological polar surface area (TPSA) is 60.6 Å². The molecule has 0 atom stereocenters. The molecule has 3 heterocycles. The molecule has 0 saturated heterocycles. The van der Waals surface area contributed by atoms with Gasteiger partial charge in [0.2, 0.25) is 0 Å². The van der Waals surface area contributed by atoms with Crippen molar-refractivity contribution in [2.75, 3.05) is 7.18 Å². The van der Waals surface area contributed by atoms with Crippen molar-refractivity contribution in [2.45, 2.75) is 53.1 Å². The summed E-state index contributed by atoms with van der Waals surface area (Å²) in [4.78, 5) is 10.8. The van der Waals surface area contributed by atoms with Crippen LogP contribution < -0.4 is 0 Å². The molecule has 5 nitrogen and oxygen atoms in total. The maximum absolute atomic E-state index is 9.50. The molecule has 1 saturated carbocycles. The van der Waals surface area contributed by atoms with Crippen LogP contribution in [0.3, 0.4) is 0 Å². The molecule has 2 aromatic carbocycles. The van der Waals surface area contributed by atoms with Crippen LogP contribution in [0.4, 0.5) is 4.39 Å². The monoisotopic (exact) mass is 459 g/mol. The lowest BCUT2D eigenvalue weighted by Gasteiger charge is -2.19. The number of rotatable bonds is 5. The minimum absolute atomic E-state index is 0.500. The molecule has 2 aromatic heterocycles. The number of fused-ring (bicyclic) bond motifs is 2. The summed E-state index contributed by atoms with van der Waals surface area (Å²) in [5, 5.41) is 8.91. The molecule has 6 rings (SSSR count). The van der Waals surface area contributed by atoms with Crippen molar-refractivity contribution < 1.29 is 4.39 Å². The Morgan fingerprint density at radius 2 is 1.88 bits per heavy atom. The van der Waals surface area contributed by atoms with Crippen molar-refractivity contribution in [3.8, 4) is 22.6 Å². The van der Waals surface area contributed by atoms with E-state index in [1.54, 1.807) is 0 Å². The third-order valence-corrected chi connectivity index (χ3v) is 6.51. The van der Waals surface area contributed by atoms with Gasteiger partial charge in [0, 0.05) is 11.1 Å². The zero-order valence-corrected chi connectivity index (χ0v) is 20.6. The second-order valence-corrected chi connectivity index (χ2v) is 8.48. The lowest BCUT2D eigenvalue weighted by atomic mass is 9.97. The predicted octanol–water partition coefficient (Wildman–Crippen LogP) is 7.03. The zero-order chi connectivity index (χ0) is 24.2. The van der Waals surface area contributed by atoms with Gasteiger partial charge in [0.05, 0.1) is 37.2 Å². The van der Waals surface area contributed by atoms with E-state index in [1.807, 2.05) is 13.8 Å². The van der Waals surface area contributed by atoms with Gasteiger partial charge in [-0.3, -0.25) is 9.49 Å². The summed E-state index contributed by atoms with van der Waals surface area (Å²) in [5.41, 5.74) is 9.37. The molecule has 178 valence electrons. The average Bonchev–Trinajstić information content (AvgIpc) is 3.36. The quantitative estimate of drug-likeness (QED) is 0.337. The number of nitrogens with zero attached hydrogens (tertiary/aromatic N) is 3. The minimum Gasteiger partial charge on any atom is -0.363 e. The number of halogens is 1. The van der Waals surface area contributed by atoms with Crippen molar-refractivity contribution in [2.24, 2.45) is 5.92 Å². The summed E-state index contributed by atoms with van der Waals surface area (Å²) in [6.07, 6.45) is 3.59. The van der Waals surface area contributed by atoms with Crippen molar-refractivity contribution in [1.29, 1.82) is 0 Å². The van der Waals surface area contributed by atoms with Crippen molar-refractivity contribution in [3.05, 3.63) is 71.7 Å². The summed E-state index contributed by atoms with van der Waals surface area (Å²) in [7, 11) is 0.500. The van der Waals surface area contributed by atoms with Gasteiger partial charge < -0.3 is 9.88 Å². The second-order valence-electron chi connectivity index (χ2n) is 8.48. The number of aryl methyl sites for hydroxylation is 1. The molecule has 2 aliphatic rings. The van der Waals surface area contributed by atoms with Crippen LogP contribution in [0.2, 0.25) is 0 Å². The minimum atomic E-state index is 0.500. The van der Waals surface area contributed by atoms with E-state index in [0.29, 0.717) is 13.1 Å². The molecule has 2 N–H and O–H groups in total.